The van der Waals surface area contributed by atoms with Crippen molar-refractivity contribution in [3.8, 4) is 5.75 Å². The molecule has 0 aliphatic carbocycles. The molecule has 1 amide bonds. The number of rotatable bonds is 9. The Bertz CT molecular complexity index is 423. The minimum atomic E-state index is -0.965. The normalized spacial score (nSPS) is 10.9. The van der Waals surface area contributed by atoms with Crippen LogP contribution in [0.5, 0.6) is 5.75 Å². The van der Waals surface area contributed by atoms with Crippen LogP contribution in [0.3, 0.4) is 0 Å². The lowest BCUT2D eigenvalue weighted by atomic mass is 10.2. The van der Waals surface area contributed by atoms with Gasteiger partial charge in [-0.1, -0.05) is 13.8 Å². The molecule has 6 heteroatoms. The van der Waals surface area contributed by atoms with Crippen LogP contribution < -0.4 is 10.1 Å². The Hall–Kier alpha value is -1.40. The fourth-order valence-corrected chi connectivity index (χ4v) is 2.97. The number of methoxy groups -OCH3 is 1. The first-order valence-corrected chi connectivity index (χ1v) is 7.82. The molecule has 1 aromatic carbocycles. The maximum atomic E-state index is 10.4. The number of hydrogen-bond donors (Lipinski definition) is 2. The van der Waals surface area contributed by atoms with E-state index in [1.54, 1.807) is 19.1 Å². The summed E-state index contributed by atoms with van der Waals surface area (Å²) in [5.41, 5.74) is 0. The van der Waals surface area contributed by atoms with Crippen molar-refractivity contribution >= 4 is 18.0 Å². The minimum absolute atomic E-state index is 0.479. The zero-order valence-corrected chi connectivity index (χ0v) is 13.7. The van der Waals surface area contributed by atoms with Crippen LogP contribution in [0, 0.1) is 5.92 Å². The average molecular weight is 312 g/mol. The standard InChI is InChI=1S/C15H24N2O3S/c1-12(2)11-17(10-4-9-16-15(18)19)21-14-7-5-13(20-3)6-8-14/h5-8,12,16H,4,9-11H2,1-3H3,(H,18,19). The predicted octanol–water partition coefficient (Wildman–Crippen LogP) is 3.32. The van der Waals surface area contributed by atoms with E-state index in [0.29, 0.717) is 12.5 Å². The highest BCUT2D eigenvalue weighted by Gasteiger charge is 2.09. The summed E-state index contributed by atoms with van der Waals surface area (Å²) in [4.78, 5) is 11.6. The van der Waals surface area contributed by atoms with Crippen LogP contribution in [-0.2, 0) is 0 Å². The summed E-state index contributed by atoms with van der Waals surface area (Å²) in [5.74, 6) is 1.41. The summed E-state index contributed by atoms with van der Waals surface area (Å²) in [7, 11) is 1.66. The van der Waals surface area contributed by atoms with Crippen LogP contribution in [0.4, 0.5) is 4.79 Å². The molecule has 0 bridgehead atoms. The molecule has 0 saturated carbocycles. The molecule has 1 rings (SSSR count). The lowest BCUT2D eigenvalue weighted by Gasteiger charge is -2.23. The summed E-state index contributed by atoms with van der Waals surface area (Å²) >= 11 is 1.70. The van der Waals surface area contributed by atoms with E-state index in [1.807, 2.05) is 24.3 Å². The molecule has 5 nitrogen and oxygen atoms in total. The largest absolute Gasteiger partial charge is 0.497 e. The summed E-state index contributed by atoms with van der Waals surface area (Å²) in [5, 5.41) is 11.0. The predicted molar refractivity (Wildman–Crippen MR) is 85.9 cm³/mol. The molecule has 0 heterocycles. The highest BCUT2D eigenvalue weighted by Crippen LogP contribution is 2.25. The van der Waals surface area contributed by atoms with Crippen LogP contribution in [0.2, 0.25) is 0 Å². The third kappa shape index (κ3) is 7.82. The molecule has 0 aliphatic heterocycles. The van der Waals surface area contributed by atoms with Crippen LogP contribution >= 0.6 is 11.9 Å². The molecule has 1 aromatic rings. The Balaban J connectivity index is 2.49. The van der Waals surface area contributed by atoms with E-state index in [2.05, 4.69) is 23.5 Å². The van der Waals surface area contributed by atoms with E-state index in [4.69, 9.17) is 9.84 Å². The topological polar surface area (TPSA) is 61.8 Å². The van der Waals surface area contributed by atoms with E-state index >= 15 is 0 Å². The number of carbonyl (C=O) groups is 1. The Morgan fingerprint density at radius 1 is 1.38 bits per heavy atom. The van der Waals surface area contributed by atoms with Crippen molar-refractivity contribution in [2.75, 3.05) is 26.7 Å². The van der Waals surface area contributed by atoms with Gasteiger partial charge in [-0.25, -0.2) is 9.10 Å². The highest BCUT2D eigenvalue weighted by molar-refractivity contribution is 7.97. The number of nitrogens with one attached hydrogen (secondary N) is 1. The van der Waals surface area contributed by atoms with Crippen LogP contribution in [0.15, 0.2) is 29.2 Å². The second-order valence-electron chi connectivity index (χ2n) is 5.13. The molecule has 2 N–H and O–H groups in total. The minimum Gasteiger partial charge on any atom is -0.497 e. The number of amides is 1. The molecule has 0 radical (unpaired) electrons. The van der Waals surface area contributed by atoms with Gasteiger partial charge in [0.25, 0.3) is 0 Å². The fourth-order valence-electron chi connectivity index (χ4n) is 1.82. The SMILES string of the molecule is COc1ccc(SN(CCCNC(=O)O)CC(C)C)cc1. The first-order chi connectivity index (χ1) is 10.0. The van der Waals surface area contributed by atoms with Crippen molar-refractivity contribution in [1.82, 2.24) is 9.62 Å². The van der Waals surface area contributed by atoms with Crippen molar-refractivity contribution in [2.24, 2.45) is 5.92 Å². The van der Waals surface area contributed by atoms with Crippen LogP contribution in [0.1, 0.15) is 20.3 Å². The quantitative estimate of drug-likeness (QED) is 0.541. The second-order valence-corrected chi connectivity index (χ2v) is 6.30. The van der Waals surface area contributed by atoms with Crippen LogP contribution in [-0.4, -0.2) is 42.2 Å². The van der Waals surface area contributed by atoms with Gasteiger partial charge in [-0.3, -0.25) is 0 Å². The van der Waals surface area contributed by atoms with E-state index in [-0.39, 0.29) is 0 Å². The number of ether oxygens (including phenoxy) is 1. The van der Waals surface area contributed by atoms with Gasteiger partial charge in [0.1, 0.15) is 5.75 Å². The fraction of sp³-hybridized carbons (Fsp3) is 0.533. The van der Waals surface area contributed by atoms with Gasteiger partial charge in [0.05, 0.1) is 7.11 Å². The molecule has 0 saturated heterocycles. The number of nitrogens with zero attached hydrogens (tertiary/aromatic N) is 1. The van der Waals surface area contributed by atoms with Gasteiger partial charge in [-0.05, 0) is 48.6 Å². The summed E-state index contributed by atoms with van der Waals surface area (Å²) in [6.07, 6.45) is -0.171. The van der Waals surface area contributed by atoms with Crippen molar-refractivity contribution in [2.45, 2.75) is 25.2 Å². The van der Waals surface area contributed by atoms with Gasteiger partial charge in [-0.15, -0.1) is 0 Å². The van der Waals surface area contributed by atoms with Gasteiger partial charge >= 0.3 is 6.09 Å². The van der Waals surface area contributed by atoms with E-state index in [9.17, 15) is 4.79 Å². The summed E-state index contributed by atoms with van der Waals surface area (Å²) in [6, 6.07) is 7.96. The summed E-state index contributed by atoms with van der Waals surface area (Å²) in [6.45, 7) is 6.64. The molecule has 0 unspecified atom stereocenters. The molecule has 0 spiro atoms. The van der Waals surface area contributed by atoms with E-state index < -0.39 is 6.09 Å². The maximum absolute atomic E-state index is 10.4. The Labute approximate surface area is 130 Å². The molecular formula is C15H24N2O3S. The average Bonchev–Trinajstić information content (AvgIpc) is 2.43. The van der Waals surface area contributed by atoms with Gasteiger partial charge < -0.3 is 15.2 Å². The zero-order valence-electron chi connectivity index (χ0n) is 12.8. The van der Waals surface area contributed by atoms with E-state index in [1.165, 1.54) is 0 Å². The van der Waals surface area contributed by atoms with Gasteiger partial charge in [-0.2, -0.15) is 0 Å². The molecule has 0 aromatic heterocycles. The molecule has 0 atom stereocenters. The van der Waals surface area contributed by atoms with Crippen molar-refractivity contribution in [3.05, 3.63) is 24.3 Å². The lowest BCUT2D eigenvalue weighted by Crippen LogP contribution is -2.27. The maximum Gasteiger partial charge on any atom is 0.404 e. The number of benzene rings is 1. The first-order valence-electron chi connectivity index (χ1n) is 7.05. The zero-order chi connectivity index (χ0) is 15.7. The van der Waals surface area contributed by atoms with Gasteiger partial charge in [0.2, 0.25) is 0 Å². The third-order valence-corrected chi connectivity index (χ3v) is 3.80. The smallest absolute Gasteiger partial charge is 0.404 e. The molecule has 21 heavy (non-hydrogen) atoms. The van der Waals surface area contributed by atoms with E-state index in [0.717, 1.165) is 30.2 Å². The van der Waals surface area contributed by atoms with Crippen molar-refractivity contribution in [1.29, 1.82) is 0 Å². The second kappa shape index (κ2) is 9.52. The Morgan fingerprint density at radius 2 is 2.05 bits per heavy atom. The highest BCUT2D eigenvalue weighted by atomic mass is 32.2. The Morgan fingerprint density at radius 3 is 2.57 bits per heavy atom. The third-order valence-electron chi connectivity index (χ3n) is 2.72. The molecule has 0 fully saturated rings. The first kappa shape index (κ1) is 17.7. The van der Waals surface area contributed by atoms with Crippen molar-refractivity contribution < 1.29 is 14.6 Å². The van der Waals surface area contributed by atoms with Gasteiger partial charge in [0, 0.05) is 24.5 Å². The number of hydrogen-bond acceptors (Lipinski definition) is 4. The molecule has 0 aliphatic rings. The molecule has 118 valence electrons. The van der Waals surface area contributed by atoms with Crippen LogP contribution in [0.25, 0.3) is 0 Å². The molecular weight excluding hydrogens is 288 g/mol. The Kier molecular flexibility index (Phi) is 8.00. The monoisotopic (exact) mass is 312 g/mol. The lowest BCUT2D eigenvalue weighted by molar-refractivity contribution is 0.194. The number of carboxylic acid groups (broad SMARTS) is 1. The van der Waals surface area contributed by atoms with Crippen molar-refractivity contribution in [3.63, 3.8) is 0 Å². The summed E-state index contributed by atoms with van der Waals surface area (Å²) < 4.78 is 7.43. The van der Waals surface area contributed by atoms with Gasteiger partial charge in [0.15, 0.2) is 0 Å².